The van der Waals surface area contributed by atoms with E-state index in [4.69, 9.17) is 29.5 Å². The third kappa shape index (κ3) is 10.4. The third-order valence-corrected chi connectivity index (χ3v) is 7.10. The SMILES string of the molecule is O=C(NCCc1ccncc1)c1ccc2c(c1)CC(c1nc3ccc(-c4cn[nH]c4)cc3c(=O)[nH]1)CO2.O=C(O)C(F)(F)F.O=C(O)C(F)(F)F. The molecule has 5 N–H and O–H groups in total. The van der Waals surface area contributed by atoms with Crippen LogP contribution in [0.4, 0.5) is 26.3 Å². The van der Waals surface area contributed by atoms with Crippen LogP contribution in [0.3, 0.4) is 0 Å². The van der Waals surface area contributed by atoms with E-state index in [1.807, 2.05) is 42.5 Å². The molecule has 0 fully saturated rings. The molecule has 6 rings (SSSR count). The standard InChI is InChI=1S/C28H24N6O3.2C2HF3O2/c35-27(30-10-7-17-5-8-29-9-6-17)19-2-4-25-20(11-19)12-21(16-37-25)26-33-24-3-1-18(22-14-31-32-15-22)13-23(24)28(36)34-26;2*3-2(4,5)1(6)7/h1-6,8-9,11,13-15,21H,7,10,12,16H2,(H,30,35)(H,31,32)(H,33,34,36);2*(H,6,7). The highest BCUT2D eigenvalue weighted by Crippen LogP contribution is 2.32. The number of benzene rings is 2. The molecule has 0 saturated carbocycles. The van der Waals surface area contributed by atoms with E-state index in [-0.39, 0.29) is 17.4 Å². The lowest BCUT2D eigenvalue weighted by atomic mass is 9.94. The Balaban J connectivity index is 0.000000353. The average Bonchev–Trinajstić information content (AvgIpc) is 3.63. The Hall–Kier alpha value is -6.27. The van der Waals surface area contributed by atoms with Crippen molar-refractivity contribution in [3.8, 4) is 16.9 Å². The number of amides is 1. The monoisotopic (exact) mass is 720 g/mol. The lowest BCUT2D eigenvalue weighted by Crippen LogP contribution is -2.27. The van der Waals surface area contributed by atoms with Crippen LogP contribution in [0.1, 0.15) is 33.2 Å². The van der Waals surface area contributed by atoms with Crippen molar-refractivity contribution < 1.29 is 55.7 Å². The molecule has 0 spiro atoms. The topological polar surface area (TPSA) is 200 Å². The number of carbonyl (C=O) groups excluding carboxylic acids is 1. The number of halogens is 6. The maximum absolute atomic E-state index is 12.9. The highest BCUT2D eigenvalue weighted by atomic mass is 19.4. The molecule has 1 unspecified atom stereocenters. The van der Waals surface area contributed by atoms with Crippen LogP contribution in [0.15, 0.2) is 78.1 Å². The molecule has 0 bridgehead atoms. The Morgan fingerprint density at radius 1 is 0.922 bits per heavy atom. The molecule has 0 saturated heterocycles. The first-order chi connectivity index (χ1) is 24.0. The van der Waals surface area contributed by atoms with Gasteiger partial charge in [0.25, 0.3) is 11.5 Å². The maximum atomic E-state index is 12.9. The average molecular weight is 721 g/mol. The molecule has 5 aromatic rings. The number of hydrogen-bond donors (Lipinski definition) is 5. The van der Waals surface area contributed by atoms with Crippen molar-refractivity contribution in [2.45, 2.75) is 31.1 Å². The number of alkyl halides is 6. The fraction of sp³-hybridized carbons (Fsp3) is 0.219. The van der Waals surface area contributed by atoms with E-state index >= 15 is 0 Å². The summed E-state index contributed by atoms with van der Waals surface area (Å²) in [5, 5.41) is 24.5. The van der Waals surface area contributed by atoms with Crippen LogP contribution in [0.5, 0.6) is 5.75 Å². The van der Waals surface area contributed by atoms with Gasteiger partial charge in [-0.15, -0.1) is 0 Å². The van der Waals surface area contributed by atoms with Gasteiger partial charge in [-0.1, -0.05) is 6.07 Å². The molecule has 1 aliphatic heterocycles. The summed E-state index contributed by atoms with van der Waals surface area (Å²) in [6.07, 6.45) is -1.85. The van der Waals surface area contributed by atoms with Gasteiger partial charge in [0.1, 0.15) is 11.6 Å². The summed E-state index contributed by atoms with van der Waals surface area (Å²) >= 11 is 0. The van der Waals surface area contributed by atoms with E-state index in [1.54, 1.807) is 30.9 Å². The van der Waals surface area contributed by atoms with Gasteiger partial charge in [0.2, 0.25) is 0 Å². The smallest absolute Gasteiger partial charge is 0.490 e. The summed E-state index contributed by atoms with van der Waals surface area (Å²) in [5.41, 5.74) is 4.83. The third-order valence-electron chi connectivity index (χ3n) is 7.10. The van der Waals surface area contributed by atoms with Crippen LogP contribution in [-0.4, -0.2) is 78.7 Å². The molecule has 51 heavy (non-hydrogen) atoms. The van der Waals surface area contributed by atoms with Gasteiger partial charge in [0, 0.05) is 36.3 Å². The number of nitrogens with zero attached hydrogens (tertiary/aromatic N) is 3. The molecule has 1 aliphatic rings. The summed E-state index contributed by atoms with van der Waals surface area (Å²) in [5.74, 6) is -4.46. The fourth-order valence-electron chi connectivity index (χ4n) is 4.62. The lowest BCUT2D eigenvalue weighted by molar-refractivity contribution is -0.193. The van der Waals surface area contributed by atoms with E-state index in [0.29, 0.717) is 41.9 Å². The predicted molar refractivity (Wildman–Crippen MR) is 166 cm³/mol. The molecule has 19 heteroatoms. The molecule has 1 amide bonds. The van der Waals surface area contributed by atoms with Crippen molar-refractivity contribution >= 4 is 28.7 Å². The quantitative estimate of drug-likeness (QED) is 0.154. The summed E-state index contributed by atoms with van der Waals surface area (Å²) < 4.78 is 69.4. The Morgan fingerprint density at radius 3 is 2.20 bits per heavy atom. The number of carboxylic acids is 2. The van der Waals surface area contributed by atoms with Gasteiger partial charge >= 0.3 is 24.3 Å². The van der Waals surface area contributed by atoms with E-state index < -0.39 is 24.3 Å². The number of rotatable bonds is 6. The van der Waals surface area contributed by atoms with E-state index in [9.17, 15) is 35.9 Å². The molecule has 3 aromatic heterocycles. The molecule has 13 nitrogen and oxygen atoms in total. The van der Waals surface area contributed by atoms with Gasteiger partial charge in [0.05, 0.1) is 29.6 Å². The van der Waals surface area contributed by atoms with Gasteiger partial charge < -0.3 is 25.3 Å². The number of nitrogens with one attached hydrogen (secondary N) is 3. The van der Waals surface area contributed by atoms with E-state index in [0.717, 1.165) is 34.4 Å². The fourth-order valence-corrected chi connectivity index (χ4v) is 4.62. The first-order valence-corrected chi connectivity index (χ1v) is 14.6. The minimum atomic E-state index is -5.08. The summed E-state index contributed by atoms with van der Waals surface area (Å²) in [6, 6.07) is 14.9. The Bertz CT molecular complexity index is 2030. The molecule has 2 aromatic carbocycles. The van der Waals surface area contributed by atoms with Gasteiger partial charge in [-0.25, -0.2) is 14.6 Å². The first kappa shape index (κ1) is 37.5. The van der Waals surface area contributed by atoms with E-state index in [1.165, 1.54) is 0 Å². The zero-order valence-corrected chi connectivity index (χ0v) is 25.9. The molecule has 1 atom stereocenters. The molecule has 268 valence electrons. The number of pyridine rings is 1. The molecular weight excluding hydrogens is 694 g/mol. The minimum Gasteiger partial charge on any atom is -0.493 e. The summed E-state index contributed by atoms with van der Waals surface area (Å²) in [7, 11) is 0. The molecule has 0 radical (unpaired) electrons. The Kier molecular flexibility index (Phi) is 11.8. The van der Waals surface area contributed by atoms with Gasteiger partial charge in [0.15, 0.2) is 0 Å². The van der Waals surface area contributed by atoms with Gasteiger partial charge in [-0.05, 0) is 72.0 Å². The number of fused-ring (bicyclic) bond motifs is 2. The number of H-pyrrole nitrogens is 2. The van der Waals surface area contributed by atoms with E-state index in [2.05, 4.69) is 25.5 Å². The number of aromatic nitrogens is 5. The van der Waals surface area contributed by atoms with Crippen molar-refractivity contribution in [1.82, 2.24) is 30.5 Å². The summed E-state index contributed by atoms with van der Waals surface area (Å²) in [6.45, 7) is 0.926. The Labute approximate surface area is 282 Å². The lowest BCUT2D eigenvalue weighted by Gasteiger charge is -2.25. The zero-order chi connectivity index (χ0) is 37.3. The van der Waals surface area contributed by atoms with Crippen LogP contribution in [0, 0.1) is 0 Å². The number of hydrogen-bond acceptors (Lipinski definition) is 8. The van der Waals surface area contributed by atoms with Crippen LogP contribution in [0.25, 0.3) is 22.0 Å². The largest absolute Gasteiger partial charge is 0.493 e. The number of carbonyl (C=O) groups is 3. The minimum absolute atomic E-state index is 0.135. The second kappa shape index (κ2) is 16.0. The number of aliphatic carboxylic acids is 2. The molecule has 0 aliphatic carbocycles. The van der Waals surface area contributed by atoms with Crippen molar-refractivity contribution in [2.75, 3.05) is 13.2 Å². The molecule has 4 heterocycles. The van der Waals surface area contributed by atoms with Crippen molar-refractivity contribution in [3.05, 3.63) is 106 Å². The van der Waals surface area contributed by atoms with Crippen molar-refractivity contribution in [2.24, 2.45) is 0 Å². The summed E-state index contributed by atoms with van der Waals surface area (Å²) in [4.78, 5) is 55.2. The zero-order valence-electron chi connectivity index (χ0n) is 25.9. The highest BCUT2D eigenvalue weighted by molar-refractivity contribution is 5.94. The number of aromatic amines is 2. The second-order valence-electron chi connectivity index (χ2n) is 10.7. The predicted octanol–water partition coefficient (Wildman–Crippen LogP) is 4.67. The molecular formula is C32H26F6N6O7. The number of ether oxygens (including phenoxy) is 1. The van der Waals surface area contributed by atoms with Crippen molar-refractivity contribution in [3.63, 3.8) is 0 Å². The van der Waals surface area contributed by atoms with Crippen LogP contribution >= 0.6 is 0 Å². The maximum Gasteiger partial charge on any atom is 0.490 e. The highest BCUT2D eigenvalue weighted by Gasteiger charge is 2.39. The van der Waals surface area contributed by atoms with Gasteiger partial charge in [-0.2, -0.15) is 31.4 Å². The van der Waals surface area contributed by atoms with Crippen LogP contribution < -0.4 is 15.6 Å². The normalized spacial score (nSPS) is 13.7. The van der Waals surface area contributed by atoms with Crippen molar-refractivity contribution in [1.29, 1.82) is 0 Å². The Morgan fingerprint density at radius 2 is 1.59 bits per heavy atom. The first-order valence-electron chi connectivity index (χ1n) is 14.6. The van der Waals surface area contributed by atoms with Crippen LogP contribution in [-0.2, 0) is 22.4 Å². The van der Waals surface area contributed by atoms with Crippen LogP contribution in [0.2, 0.25) is 0 Å². The van der Waals surface area contributed by atoms with Gasteiger partial charge in [-0.3, -0.25) is 19.7 Å². The number of carboxylic acid groups (broad SMARTS) is 2. The second-order valence-corrected chi connectivity index (χ2v) is 10.7.